The average molecular weight is 334 g/mol. The zero-order valence-electron chi connectivity index (χ0n) is 11.8. The number of carbonyl (C=O) groups is 1. The summed E-state index contributed by atoms with van der Waals surface area (Å²) in [6.45, 7) is 4.48. The van der Waals surface area contributed by atoms with Crippen LogP contribution in [0.4, 0.5) is 4.39 Å². The summed E-state index contributed by atoms with van der Waals surface area (Å²) in [4.78, 5) is 13.8. The van der Waals surface area contributed by atoms with Gasteiger partial charge in [-0.25, -0.2) is 12.8 Å². The minimum atomic E-state index is -4.00. The van der Waals surface area contributed by atoms with Crippen LogP contribution in [-0.2, 0) is 9.05 Å². The molecule has 1 aliphatic rings. The number of carbonyl (C=O) groups excluding carboxylic acids is 1. The highest BCUT2D eigenvalue weighted by atomic mass is 35.7. The lowest BCUT2D eigenvalue weighted by Crippen LogP contribution is -2.45. The summed E-state index contributed by atoms with van der Waals surface area (Å²) in [6, 6.07) is 3.02. The van der Waals surface area contributed by atoms with E-state index >= 15 is 0 Å². The van der Waals surface area contributed by atoms with Crippen molar-refractivity contribution < 1.29 is 17.6 Å². The summed E-state index contributed by atoms with van der Waals surface area (Å²) in [5.41, 5.74) is -0.252. The number of halogens is 2. The van der Waals surface area contributed by atoms with Gasteiger partial charge < -0.3 is 4.90 Å². The number of hydrogen-bond acceptors (Lipinski definition) is 3. The molecule has 116 valence electrons. The zero-order valence-corrected chi connectivity index (χ0v) is 13.4. The molecule has 2 atom stereocenters. The molecule has 1 saturated heterocycles. The number of likely N-dealkylation sites (tertiary alicyclic amines) is 1. The maximum Gasteiger partial charge on any atom is 0.261 e. The van der Waals surface area contributed by atoms with E-state index in [2.05, 4.69) is 0 Å². The van der Waals surface area contributed by atoms with E-state index in [0.717, 1.165) is 31.0 Å². The van der Waals surface area contributed by atoms with Gasteiger partial charge in [-0.1, -0.05) is 6.92 Å². The van der Waals surface area contributed by atoms with Crippen molar-refractivity contribution in [3.63, 3.8) is 0 Å². The molecule has 0 N–H and O–H groups in total. The van der Waals surface area contributed by atoms with Crippen LogP contribution >= 0.6 is 10.7 Å². The molecule has 1 fully saturated rings. The minimum Gasteiger partial charge on any atom is -0.336 e. The number of nitrogens with zero attached hydrogens (tertiary/aromatic N) is 1. The van der Waals surface area contributed by atoms with Crippen LogP contribution in [0.15, 0.2) is 23.1 Å². The van der Waals surface area contributed by atoms with Gasteiger partial charge in [0.2, 0.25) is 0 Å². The number of benzene rings is 1. The van der Waals surface area contributed by atoms with Gasteiger partial charge in [0, 0.05) is 23.3 Å². The van der Waals surface area contributed by atoms with Gasteiger partial charge in [-0.05, 0) is 43.9 Å². The van der Waals surface area contributed by atoms with Crippen LogP contribution in [-0.4, -0.2) is 31.8 Å². The van der Waals surface area contributed by atoms with Crippen LogP contribution in [0.1, 0.15) is 37.0 Å². The van der Waals surface area contributed by atoms with Crippen LogP contribution in [0.25, 0.3) is 0 Å². The maximum absolute atomic E-state index is 13.9. The smallest absolute Gasteiger partial charge is 0.261 e. The highest BCUT2D eigenvalue weighted by Crippen LogP contribution is 2.25. The Morgan fingerprint density at radius 3 is 2.62 bits per heavy atom. The molecule has 0 aliphatic carbocycles. The normalized spacial score (nSPS) is 23.1. The first-order valence-electron chi connectivity index (χ1n) is 6.75. The van der Waals surface area contributed by atoms with Gasteiger partial charge in [0.25, 0.3) is 15.0 Å². The van der Waals surface area contributed by atoms with Gasteiger partial charge in [0.05, 0.1) is 10.5 Å². The van der Waals surface area contributed by atoms with E-state index < -0.39 is 20.8 Å². The van der Waals surface area contributed by atoms with Crippen LogP contribution in [0, 0.1) is 11.7 Å². The standard InChI is InChI=1S/C14H17ClFNO3S/c1-9-3-4-10(2)17(8-9)14(18)12-7-11(21(15,19)20)5-6-13(12)16/h5-7,9-10H,3-4,8H2,1-2H3. The summed E-state index contributed by atoms with van der Waals surface area (Å²) in [5.74, 6) is -0.892. The third-order valence-electron chi connectivity index (χ3n) is 3.83. The molecule has 0 aromatic heterocycles. The molecule has 0 spiro atoms. The highest BCUT2D eigenvalue weighted by molar-refractivity contribution is 8.13. The fourth-order valence-electron chi connectivity index (χ4n) is 2.55. The lowest BCUT2D eigenvalue weighted by atomic mass is 9.94. The summed E-state index contributed by atoms with van der Waals surface area (Å²) >= 11 is 0. The van der Waals surface area contributed by atoms with Crippen molar-refractivity contribution in [1.82, 2.24) is 4.90 Å². The second-order valence-corrected chi connectivity index (χ2v) is 8.13. The van der Waals surface area contributed by atoms with Crippen molar-refractivity contribution in [2.45, 2.75) is 37.6 Å². The lowest BCUT2D eigenvalue weighted by molar-refractivity contribution is 0.0569. The first-order valence-corrected chi connectivity index (χ1v) is 9.06. The summed E-state index contributed by atoms with van der Waals surface area (Å²) in [7, 11) is 1.25. The number of piperidine rings is 1. The van der Waals surface area contributed by atoms with Crippen molar-refractivity contribution >= 4 is 25.6 Å². The van der Waals surface area contributed by atoms with Crippen LogP contribution < -0.4 is 0 Å². The second-order valence-electron chi connectivity index (χ2n) is 5.57. The number of hydrogen-bond donors (Lipinski definition) is 0. The fraction of sp³-hybridized carbons (Fsp3) is 0.500. The van der Waals surface area contributed by atoms with Gasteiger partial charge in [-0.15, -0.1) is 0 Å². The van der Waals surface area contributed by atoms with Crippen molar-refractivity contribution in [2.24, 2.45) is 5.92 Å². The molecule has 0 bridgehead atoms. The van der Waals surface area contributed by atoms with E-state index in [4.69, 9.17) is 10.7 Å². The molecular formula is C14H17ClFNO3S. The molecule has 2 rings (SSSR count). The van der Waals surface area contributed by atoms with Crippen molar-refractivity contribution in [2.75, 3.05) is 6.54 Å². The Morgan fingerprint density at radius 1 is 1.33 bits per heavy atom. The molecule has 21 heavy (non-hydrogen) atoms. The van der Waals surface area contributed by atoms with Crippen LogP contribution in [0.5, 0.6) is 0 Å². The first-order chi connectivity index (χ1) is 9.70. The predicted octanol–water partition coefficient (Wildman–Crippen LogP) is 3.01. The number of rotatable bonds is 2. The van der Waals surface area contributed by atoms with Crippen molar-refractivity contribution in [3.8, 4) is 0 Å². The van der Waals surface area contributed by atoms with E-state index in [1.165, 1.54) is 0 Å². The second kappa shape index (κ2) is 5.93. The quantitative estimate of drug-likeness (QED) is 0.782. The van der Waals surface area contributed by atoms with Gasteiger partial charge in [-0.3, -0.25) is 4.79 Å². The Morgan fingerprint density at radius 2 is 2.00 bits per heavy atom. The predicted molar refractivity (Wildman–Crippen MR) is 78.3 cm³/mol. The van der Waals surface area contributed by atoms with Gasteiger partial charge >= 0.3 is 0 Å². The Kier molecular flexibility index (Phi) is 4.58. The van der Waals surface area contributed by atoms with Crippen molar-refractivity contribution in [1.29, 1.82) is 0 Å². The molecular weight excluding hydrogens is 317 g/mol. The Bertz CT molecular complexity index is 662. The molecule has 1 aromatic rings. The third-order valence-corrected chi connectivity index (χ3v) is 5.18. The highest BCUT2D eigenvalue weighted by Gasteiger charge is 2.29. The fourth-order valence-corrected chi connectivity index (χ4v) is 3.32. The Hall–Kier alpha value is -1.14. The van der Waals surface area contributed by atoms with E-state index in [-0.39, 0.29) is 16.5 Å². The molecule has 7 heteroatoms. The molecule has 4 nitrogen and oxygen atoms in total. The average Bonchev–Trinajstić information content (AvgIpc) is 2.40. The molecule has 1 aliphatic heterocycles. The topological polar surface area (TPSA) is 54.5 Å². The minimum absolute atomic E-state index is 0.00404. The first kappa shape index (κ1) is 16.2. The Labute approximate surface area is 128 Å². The molecule has 2 unspecified atom stereocenters. The summed E-state index contributed by atoms with van der Waals surface area (Å²) in [6.07, 6.45) is 1.87. The number of amides is 1. The van der Waals surface area contributed by atoms with Gasteiger partial charge in [0.1, 0.15) is 5.82 Å². The molecule has 0 saturated carbocycles. The van der Waals surface area contributed by atoms with Gasteiger partial charge in [0.15, 0.2) is 0 Å². The van der Waals surface area contributed by atoms with E-state index in [9.17, 15) is 17.6 Å². The lowest BCUT2D eigenvalue weighted by Gasteiger charge is -2.37. The SMILES string of the molecule is CC1CCC(C)N(C(=O)c2cc(S(=O)(=O)Cl)ccc2F)C1. The molecule has 1 amide bonds. The molecule has 1 heterocycles. The van der Waals surface area contributed by atoms with Crippen molar-refractivity contribution in [3.05, 3.63) is 29.6 Å². The third kappa shape index (κ3) is 3.55. The molecule has 0 radical (unpaired) electrons. The summed E-state index contributed by atoms with van der Waals surface area (Å²) in [5, 5.41) is 0. The largest absolute Gasteiger partial charge is 0.336 e. The van der Waals surface area contributed by atoms with Crippen LogP contribution in [0.3, 0.4) is 0 Å². The van der Waals surface area contributed by atoms with E-state index in [0.29, 0.717) is 12.5 Å². The van der Waals surface area contributed by atoms with E-state index in [1.807, 2.05) is 13.8 Å². The zero-order chi connectivity index (χ0) is 15.8. The van der Waals surface area contributed by atoms with Crippen LogP contribution in [0.2, 0.25) is 0 Å². The van der Waals surface area contributed by atoms with E-state index in [1.54, 1.807) is 4.90 Å². The van der Waals surface area contributed by atoms with Gasteiger partial charge in [-0.2, -0.15) is 0 Å². The molecule has 1 aromatic carbocycles. The summed E-state index contributed by atoms with van der Waals surface area (Å²) < 4.78 is 36.6. The maximum atomic E-state index is 13.9. The monoisotopic (exact) mass is 333 g/mol. The Balaban J connectivity index is 2.38.